The Hall–Kier alpha value is -2.70. The van der Waals surface area contributed by atoms with Crippen LogP contribution in [0.5, 0.6) is 0 Å². The molecule has 4 rings (SSSR count). The van der Waals surface area contributed by atoms with E-state index in [1.165, 1.54) is 0 Å². The molecule has 0 saturated carbocycles. The van der Waals surface area contributed by atoms with Crippen LogP contribution < -0.4 is 0 Å². The summed E-state index contributed by atoms with van der Waals surface area (Å²) in [5.74, 6) is 1.27. The lowest BCUT2D eigenvalue weighted by atomic mass is 10.2. The van der Waals surface area contributed by atoms with E-state index in [1.807, 2.05) is 73.7 Å². The van der Waals surface area contributed by atoms with E-state index in [0.29, 0.717) is 28.1 Å². The molecule has 2 aromatic heterocycles. The molecule has 0 aliphatic heterocycles. The minimum absolute atomic E-state index is 0.294. The minimum atomic E-state index is -1.19. The number of aromatic nitrogens is 3. The number of aryl methyl sites for hydroxylation is 1. The molecule has 0 saturated heterocycles. The summed E-state index contributed by atoms with van der Waals surface area (Å²) in [5.41, 5.74) is 4.02. The Morgan fingerprint density at radius 1 is 1.04 bits per heavy atom. The highest BCUT2D eigenvalue weighted by molar-refractivity contribution is 7.83. The second kappa shape index (κ2) is 8.12. The van der Waals surface area contributed by atoms with Gasteiger partial charge in [0.25, 0.3) is 0 Å². The Morgan fingerprint density at radius 2 is 1.71 bits per heavy atom. The fourth-order valence-electron chi connectivity index (χ4n) is 2.93. The van der Waals surface area contributed by atoms with E-state index in [2.05, 4.69) is 10.3 Å². The van der Waals surface area contributed by atoms with Crippen molar-refractivity contribution >= 4 is 22.4 Å². The van der Waals surface area contributed by atoms with Gasteiger partial charge in [-0.05, 0) is 19.1 Å². The second-order valence-electron chi connectivity index (χ2n) is 6.38. The molecule has 142 valence electrons. The summed E-state index contributed by atoms with van der Waals surface area (Å²) < 4.78 is 19.8. The minimum Gasteiger partial charge on any atom is -0.356 e. The van der Waals surface area contributed by atoms with Gasteiger partial charge in [-0.1, -0.05) is 65.3 Å². The Morgan fingerprint density at radius 3 is 2.43 bits per heavy atom. The maximum absolute atomic E-state index is 12.7. The highest BCUT2D eigenvalue weighted by atomic mass is 35.5. The van der Waals surface area contributed by atoms with E-state index in [9.17, 15) is 4.21 Å². The molecule has 5 nitrogen and oxygen atoms in total. The molecule has 0 N–H and O–H groups in total. The summed E-state index contributed by atoms with van der Waals surface area (Å²) >= 11 is 6.53. The lowest BCUT2D eigenvalue weighted by molar-refractivity contribution is 0.426. The van der Waals surface area contributed by atoms with Crippen molar-refractivity contribution in [2.45, 2.75) is 18.4 Å². The van der Waals surface area contributed by atoms with Crippen molar-refractivity contribution in [1.29, 1.82) is 0 Å². The molecule has 1 atom stereocenters. The van der Waals surface area contributed by atoms with Crippen LogP contribution in [0.25, 0.3) is 17.0 Å². The van der Waals surface area contributed by atoms with Crippen molar-refractivity contribution in [3.63, 3.8) is 0 Å². The number of benzene rings is 2. The van der Waals surface area contributed by atoms with Gasteiger partial charge in [0.05, 0.1) is 28.6 Å². The Kier molecular flexibility index (Phi) is 5.41. The molecule has 2 aromatic carbocycles. The fraction of sp³-hybridized carbons (Fsp3) is 0.143. The molecule has 0 bridgehead atoms. The van der Waals surface area contributed by atoms with Crippen molar-refractivity contribution < 1.29 is 8.73 Å². The van der Waals surface area contributed by atoms with Crippen molar-refractivity contribution in [2.24, 2.45) is 0 Å². The molecule has 4 aromatic rings. The normalized spacial score (nSPS) is 12.2. The maximum atomic E-state index is 12.7. The van der Waals surface area contributed by atoms with E-state index in [-0.39, 0.29) is 0 Å². The van der Waals surface area contributed by atoms with E-state index in [4.69, 9.17) is 16.1 Å². The van der Waals surface area contributed by atoms with E-state index in [0.717, 1.165) is 22.5 Å². The van der Waals surface area contributed by atoms with Gasteiger partial charge in [-0.25, -0.2) is 4.68 Å². The largest absolute Gasteiger partial charge is 0.356 e. The van der Waals surface area contributed by atoms with Crippen LogP contribution in [0.2, 0.25) is 5.15 Å². The van der Waals surface area contributed by atoms with Gasteiger partial charge in [0, 0.05) is 28.0 Å². The van der Waals surface area contributed by atoms with Gasteiger partial charge in [0.1, 0.15) is 5.15 Å². The van der Waals surface area contributed by atoms with Crippen LogP contribution in [0.15, 0.2) is 71.3 Å². The Labute approximate surface area is 170 Å². The van der Waals surface area contributed by atoms with Gasteiger partial charge >= 0.3 is 0 Å². The molecule has 0 spiro atoms. The number of nitrogens with zero attached hydrogens (tertiary/aromatic N) is 3. The van der Waals surface area contributed by atoms with Crippen molar-refractivity contribution in [3.8, 4) is 17.0 Å². The first kappa shape index (κ1) is 18.7. The molecule has 2 heterocycles. The number of hydrogen-bond donors (Lipinski definition) is 0. The standard InChI is InChI=1S/C21H18ClN3O2S/c1-15-19(21(22)25(23-15)18-10-6-3-7-11-18)14-28(26)13-17-12-20(27-24-17)16-8-4-2-5-9-16/h2-12H,13-14H2,1H3. The molecule has 7 heteroatoms. The monoisotopic (exact) mass is 411 g/mol. The zero-order valence-corrected chi connectivity index (χ0v) is 16.8. The van der Waals surface area contributed by atoms with Crippen molar-refractivity contribution in [1.82, 2.24) is 14.9 Å². The highest BCUT2D eigenvalue weighted by Gasteiger charge is 2.18. The van der Waals surface area contributed by atoms with Gasteiger partial charge in [-0.15, -0.1) is 0 Å². The first-order chi connectivity index (χ1) is 13.6. The van der Waals surface area contributed by atoms with Crippen molar-refractivity contribution in [2.75, 3.05) is 0 Å². The third-order valence-corrected chi connectivity index (χ3v) is 5.97. The lowest BCUT2D eigenvalue weighted by Gasteiger charge is -2.03. The van der Waals surface area contributed by atoms with E-state index < -0.39 is 10.8 Å². The van der Waals surface area contributed by atoms with Crippen molar-refractivity contribution in [3.05, 3.63) is 88.8 Å². The van der Waals surface area contributed by atoms with E-state index >= 15 is 0 Å². The zero-order chi connectivity index (χ0) is 19.5. The molecular weight excluding hydrogens is 394 g/mol. The quantitative estimate of drug-likeness (QED) is 0.451. The fourth-order valence-corrected chi connectivity index (χ4v) is 4.58. The molecular formula is C21H18ClN3O2S. The Bertz CT molecular complexity index is 1110. The first-order valence-corrected chi connectivity index (χ1v) is 10.6. The van der Waals surface area contributed by atoms with Crippen LogP contribution in [0.3, 0.4) is 0 Å². The van der Waals surface area contributed by atoms with E-state index in [1.54, 1.807) is 4.68 Å². The van der Waals surface area contributed by atoms with Crippen LogP contribution in [-0.2, 0) is 22.3 Å². The summed E-state index contributed by atoms with van der Waals surface area (Å²) in [7, 11) is -1.19. The predicted molar refractivity (Wildman–Crippen MR) is 111 cm³/mol. The van der Waals surface area contributed by atoms with Gasteiger partial charge in [-0.2, -0.15) is 5.10 Å². The molecule has 0 aliphatic carbocycles. The molecule has 0 amide bonds. The average Bonchev–Trinajstić information content (AvgIpc) is 3.29. The first-order valence-electron chi connectivity index (χ1n) is 8.77. The smallest absolute Gasteiger partial charge is 0.167 e. The summed E-state index contributed by atoms with van der Waals surface area (Å²) in [4.78, 5) is 0. The summed E-state index contributed by atoms with van der Waals surface area (Å²) in [6.45, 7) is 1.88. The molecule has 0 fully saturated rings. The SMILES string of the molecule is Cc1nn(-c2ccccc2)c(Cl)c1CS(=O)Cc1cc(-c2ccccc2)on1. The molecule has 1 unspecified atom stereocenters. The third-order valence-electron chi connectivity index (χ3n) is 4.35. The number of halogens is 1. The zero-order valence-electron chi connectivity index (χ0n) is 15.2. The predicted octanol–water partition coefficient (Wildman–Crippen LogP) is 4.94. The molecule has 0 radical (unpaired) electrons. The summed E-state index contributed by atoms with van der Waals surface area (Å²) in [5, 5.41) is 9.04. The molecule has 0 aliphatic rings. The van der Waals surface area contributed by atoms with Crippen LogP contribution in [0.4, 0.5) is 0 Å². The topological polar surface area (TPSA) is 60.9 Å². The molecule has 28 heavy (non-hydrogen) atoms. The van der Waals surface area contributed by atoms with Crippen LogP contribution in [0, 0.1) is 6.92 Å². The van der Waals surface area contributed by atoms with Gasteiger partial charge in [0.15, 0.2) is 5.76 Å². The van der Waals surface area contributed by atoms with Crippen LogP contribution in [-0.4, -0.2) is 19.1 Å². The summed E-state index contributed by atoms with van der Waals surface area (Å²) in [6.07, 6.45) is 0. The maximum Gasteiger partial charge on any atom is 0.167 e. The average molecular weight is 412 g/mol. The second-order valence-corrected chi connectivity index (χ2v) is 8.19. The number of para-hydroxylation sites is 1. The third kappa shape index (κ3) is 3.93. The van der Waals surface area contributed by atoms with Gasteiger partial charge in [0.2, 0.25) is 0 Å². The number of rotatable bonds is 6. The van der Waals surface area contributed by atoms with Gasteiger partial charge in [-0.3, -0.25) is 4.21 Å². The number of hydrogen-bond acceptors (Lipinski definition) is 4. The highest BCUT2D eigenvalue weighted by Crippen LogP contribution is 2.26. The lowest BCUT2D eigenvalue weighted by Crippen LogP contribution is -2.01. The Balaban J connectivity index is 1.49. The van der Waals surface area contributed by atoms with Gasteiger partial charge < -0.3 is 4.52 Å². The summed E-state index contributed by atoms with van der Waals surface area (Å²) in [6, 6.07) is 21.2. The van der Waals surface area contributed by atoms with Crippen LogP contribution in [0.1, 0.15) is 17.0 Å². The van der Waals surface area contributed by atoms with Crippen LogP contribution >= 0.6 is 11.6 Å².